The Hall–Kier alpha value is -1.06. The Morgan fingerprint density at radius 1 is 1.37 bits per heavy atom. The fourth-order valence-electron chi connectivity index (χ4n) is 3.16. The van der Waals surface area contributed by atoms with Crippen LogP contribution in [0.15, 0.2) is 18.2 Å². The lowest BCUT2D eigenvalue weighted by Crippen LogP contribution is -2.32. The van der Waals surface area contributed by atoms with Gasteiger partial charge in [-0.1, -0.05) is 19.1 Å². The molecule has 19 heavy (non-hydrogen) atoms. The van der Waals surface area contributed by atoms with Crippen LogP contribution in [0.4, 0.5) is 0 Å². The monoisotopic (exact) mass is 261 g/mol. The standard InChI is InChI=1S/C16H23NO2/c1-3-17-16(15-6-4-11(2)19-15)13-5-7-14-12(10-13)8-9-18-14/h5,7,10-11,15-17H,3-4,6,8-9H2,1-2H3. The average molecular weight is 261 g/mol. The van der Waals surface area contributed by atoms with Gasteiger partial charge in [-0.3, -0.25) is 0 Å². The Bertz CT molecular complexity index is 446. The predicted molar refractivity (Wildman–Crippen MR) is 75.6 cm³/mol. The highest BCUT2D eigenvalue weighted by atomic mass is 16.5. The fraction of sp³-hybridized carbons (Fsp3) is 0.625. The predicted octanol–water partition coefficient (Wildman–Crippen LogP) is 2.84. The maximum absolute atomic E-state index is 6.06. The minimum Gasteiger partial charge on any atom is -0.493 e. The van der Waals surface area contributed by atoms with Crippen molar-refractivity contribution in [2.75, 3.05) is 13.2 Å². The molecular weight excluding hydrogens is 238 g/mol. The molecule has 0 radical (unpaired) electrons. The number of likely N-dealkylation sites (N-methyl/N-ethyl adjacent to an activating group) is 1. The first-order valence-electron chi connectivity index (χ1n) is 7.42. The van der Waals surface area contributed by atoms with Gasteiger partial charge in [-0.05, 0) is 43.5 Å². The average Bonchev–Trinajstić information content (AvgIpc) is 3.03. The summed E-state index contributed by atoms with van der Waals surface area (Å²) in [5, 5.41) is 3.59. The molecule has 3 unspecified atom stereocenters. The van der Waals surface area contributed by atoms with Crippen molar-refractivity contribution in [1.82, 2.24) is 5.32 Å². The molecule has 2 aliphatic heterocycles. The summed E-state index contributed by atoms with van der Waals surface area (Å²) in [6.07, 6.45) is 4.04. The van der Waals surface area contributed by atoms with Crippen LogP contribution in [0.3, 0.4) is 0 Å². The summed E-state index contributed by atoms with van der Waals surface area (Å²) in [6.45, 7) is 6.11. The van der Waals surface area contributed by atoms with Gasteiger partial charge < -0.3 is 14.8 Å². The van der Waals surface area contributed by atoms with Gasteiger partial charge in [-0.2, -0.15) is 0 Å². The van der Waals surface area contributed by atoms with Crippen molar-refractivity contribution in [3.8, 4) is 5.75 Å². The first kappa shape index (κ1) is 12.9. The molecule has 3 rings (SSSR count). The minimum atomic E-state index is 0.301. The van der Waals surface area contributed by atoms with E-state index in [-0.39, 0.29) is 0 Å². The molecule has 1 N–H and O–H groups in total. The Morgan fingerprint density at radius 3 is 3.00 bits per heavy atom. The van der Waals surface area contributed by atoms with E-state index in [1.807, 2.05) is 0 Å². The van der Waals surface area contributed by atoms with Crippen LogP contribution < -0.4 is 10.1 Å². The van der Waals surface area contributed by atoms with Crippen LogP contribution in [0.1, 0.15) is 43.9 Å². The Morgan fingerprint density at radius 2 is 2.26 bits per heavy atom. The van der Waals surface area contributed by atoms with E-state index in [2.05, 4.69) is 37.4 Å². The number of benzene rings is 1. The second kappa shape index (κ2) is 5.51. The van der Waals surface area contributed by atoms with Crippen LogP contribution in [-0.4, -0.2) is 25.4 Å². The molecule has 0 amide bonds. The van der Waals surface area contributed by atoms with Crippen molar-refractivity contribution in [3.63, 3.8) is 0 Å². The summed E-state index contributed by atoms with van der Waals surface area (Å²) in [7, 11) is 0. The van der Waals surface area contributed by atoms with Gasteiger partial charge >= 0.3 is 0 Å². The van der Waals surface area contributed by atoms with E-state index in [0.717, 1.165) is 31.7 Å². The molecule has 1 aromatic rings. The maximum Gasteiger partial charge on any atom is 0.122 e. The molecule has 2 aliphatic rings. The van der Waals surface area contributed by atoms with E-state index in [4.69, 9.17) is 9.47 Å². The van der Waals surface area contributed by atoms with Crippen LogP contribution in [0.2, 0.25) is 0 Å². The van der Waals surface area contributed by atoms with Gasteiger partial charge in [-0.25, -0.2) is 0 Å². The number of nitrogens with one attached hydrogen (secondary N) is 1. The molecule has 1 fully saturated rings. The third-order valence-corrected chi connectivity index (χ3v) is 4.13. The number of hydrogen-bond acceptors (Lipinski definition) is 3. The first-order valence-corrected chi connectivity index (χ1v) is 7.42. The third kappa shape index (κ3) is 2.63. The molecule has 3 nitrogen and oxygen atoms in total. The van der Waals surface area contributed by atoms with Crippen molar-refractivity contribution in [1.29, 1.82) is 0 Å². The van der Waals surface area contributed by atoms with Gasteiger partial charge in [0.15, 0.2) is 0 Å². The van der Waals surface area contributed by atoms with Crippen molar-refractivity contribution < 1.29 is 9.47 Å². The van der Waals surface area contributed by atoms with Crippen molar-refractivity contribution in [2.24, 2.45) is 0 Å². The second-order valence-corrected chi connectivity index (χ2v) is 5.56. The molecule has 0 aromatic heterocycles. The van der Waals surface area contributed by atoms with E-state index >= 15 is 0 Å². The summed E-state index contributed by atoms with van der Waals surface area (Å²) in [5.41, 5.74) is 2.68. The summed E-state index contributed by atoms with van der Waals surface area (Å²) < 4.78 is 11.6. The van der Waals surface area contributed by atoms with Crippen LogP contribution in [0, 0.1) is 0 Å². The molecule has 0 spiro atoms. The van der Waals surface area contributed by atoms with Crippen LogP contribution in [-0.2, 0) is 11.2 Å². The van der Waals surface area contributed by atoms with Gasteiger partial charge in [0.25, 0.3) is 0 Å². The lowest BCUT2D eigenvalue weighted by atomic mass is 9.96. The van der Waals surface area contributed by atoms with Gasteiger partial charge in [0.1, 0.15) is 5.75 Å². The van der Waals surface area contributed by atoms with E-state index in [1.54, 1.807) is 0 Å². The molecule has 0 bridgehead atoms. The summed E-state index contributed by atoms with van der Waals surface area (Å²) in [6, 6.07) is 6.90. The molecule has 104 valence electrons. The molecular formula is C16H23NO2. The number of hydrogen-bond donors (Lipinski definition) is 1. The van der Waals surface area contributed by atoms with E-state index in [0.29, 0.717) is 18.2 Å². The lowest BCUT2D eigenvalue weighted by Gasteiger charge is -2.25. The van der Waals surface area contributed by atoms with Crippen LogP contribution >= 0.6 is 0 Å². The fourth-order valence-corrected chi connectivity index (χ4v) is 3.16. The third-order valence-electron chi connectivity index (χ3n) is 4.13. The highest BCUT2D eigenvalue weighted by Gasteiger charge is 2.30. The molecule has 3 atom stereocenters. The van der Waals surface area contributed by atoms with Gasteiger partial charge in [0.05, 0.1) is 24.9 Å². The molecule has 0 saturated carbocycles. The number of ether oxygens (including phenoxy) is 2. The number of rotatable bonds is 4. The van der Waals surface area contributed by atoms with Crippen molar-refractivity contribution in [3.05, 3.63) is 29.3 Å². The Labute approximate surface area is 115 Å². The zero-order valence-corrected chi connectivity index (χ0v) is 11.8. The molecule has 1 aromatic carbocycles. The molecule has 0 aliphatic carbocycles. The van der Waals surface area contributed by atoms with Crippen LogP contribution in [0.5, 0.6) is 5.75 Å². The normalized spacial score (nSPS) is 27.1. The maximum atomic E-state index is 6.06. The second-order valence-electron chi connectivity index (χ2n) is 5.56. The van der Waals surface area contributed by atoms with Gasteiger partial charge in [0.2, 0.25) is 0 Å². The van der Waals surface area contributed by atoms with E-state index < -0.39 is 0 Å². The molecule has 2 heterocycles. The van der Waals surface area contributed by atoms with Crippen molar-refractivity contribution >= 4 is 0 Å². The van der Waals surface area contributed by atoms with Gasteiger partial charge in [-0.15, -0.1) is 0 Å². The smallest absolute Gasteiger partial charge is 0.122 e. The Kier molecular flexibility index (Phi) is 3.76. The topological polar surface area (TPSA) is 30.5 Å². The van der Waals surface area contributed by atoms with E-state index in [9.17, 15) is 0 Å². The largest absolute Gasteiger partial charge is 0.493 e. The summed E-state index contributed by atoms with van der Waals surface area (Å²) in [4.78, 5) is 0. The minimum absolute atomic E-state index is 0.301. The quantitative estimate of drug-likeness (QED) is 0.904. The zero-order valence-electron chi connectivity index (χ0n) is 11.8. The van der Waals surface area contributed by atoms with Crippen LogP contribution in [0.25, 0.3) is 0 Å². The lowest BCUT2D eigenvalue weighted by molar-refractivity contribution is 0.0319. The van der Waals surface area contributed by atoms with Gasteiger partial charge in [0, 0.05) is 6.42 Å². The molecule has 1 saturated heterocycles. The highest BCUT2D eigenvalue weighted by molar-refractivity contribution is 5.41. The molecule has 3 heteroatoms. The SMILES string of the molecule is CCNC(c1ccc2c(c1)CCO2)C1CCC(C)O1. The van der Waals surface area contributed by atoms with Crippen molar-refractivity contribution in [2.45, 2.75) is 51.4 Å². The first-order chi connectivity index (χ1) is 9.28. The Balaban J connectivity index is 1.83. The summed E-state index contributed by atoms with van der Waals surface area (Å²) in [5.74, 6) is 1.06. The summed E-state index contributed by atoms with van der Waals surface area (Å²) >= 11 is 0. The number of fused-ring (bicyclic) bond motifs is 1. The zero-order chi connectivity index (χ0) is 13.2. The highest BCUT2D eigenvalue weighted by Crippen LogP contribution is 2.33. The van der Waals surface area contributed by atoms with E-state index in [1.165, 1.54) is 17.5 Å².